The Kier molecular flexibility index (Phi) is 13.8. The molecule has 1 rings (SSSR count). The van der Waals surface area contributed by atoms with E-state index in [4.69, 9.17) is 24.4 Å². The minimum atomic E-state index is -4.64. The van der Waals surface area contributed by atoms with Gasteiger partial charge in [-0.05, 0) is 0 Å². The summed E-state index contributed by atoms with van der Waals surface area (Å²) in [5.74, 6) is -0.812. The van der Waals surface area contributed by atoms with E-state index in [2.05, 4.69) is 6.92 Å². The Bertz CT molecular complexity index is 432. The van der Waals surface area contributed by atoms with Crippen LogP contribution in [-0.2, 0) is 27.6 Å². The molecule has 6 nitrogen and oxygen atoms in total. The Morgan fingerprint density at radius 1 is 1.32 bits per heavy atom. The van der Waals surface area contributed by atoms with Gasteiger partial charge in [-0.15, -0.1) is 0 Å². The molecule has 0 aliphatic heterocycles. The van der Waals surface area contributed by atoms with Crippen LogP contribution in [0.2, 0.25) is 3.93 Å². The van der Waals surface area contributed by atoms with Crippen molar-refractivity contribution in [2.45, 2.75) is 15.7 Å². The molecule has 0 unspecified atom stereocenters. The monoisotopic (exact) mass is 506 g/mol. The SMILES string of the molecule is C[CH2][Hg][S]c1ccccc1C(=O)O.O=P(O)(O)O.[NaH]. The molecule has 1 aromatic carbocycles. The number of carboxylic acid groups (broad SMARTS) is 1. The topological polar surface area (TPSA) is 115 Å². The summed E-state index contributed by atoms with van der Waals surface area (Å²) in [6.45, 7) is 2.18. The standard InChI is InChI=1S/C7H6O2S.C2H5.Hg.Na.H3O4P.H/c8-7(9)5-3-1-2-4-6(5)10;1-2;;;1-5(2,3)4;/h1-4,10H,(H,8,9);1H2,2H3;;;(H3,1,2,3,4);/q;;+1;;;/p-1. The fraction of sp³-hybridized carbons (Fsp3) is 0.222. The van der Waals surface area contributed by atoms with Crippen molar-refractivity contribution >= 4 is 51.6 Å². The molecule has 0 spiro atoms. The molecule has 19 heavy (non-hydrogen) atoms. The molecule has 0 amide bonds. The Hall–Kier alpha value is 1.09. The molecule has 0 saturated carbocycles. The van der Waals surface area contributed by atoms with Gasteiger partial charge in [-0.25, -0.2) is 4.57 Å². The van der Waals surface area contributed by atoms with E-state index in [-0.39, 0.29) is 29.6 Å². The summed E-state index contributed by atoms with van der Waals surface area (Å²) in [5, 5.41) is 8.88. The van der Waals surface area contributed by atoms with Crippen LogP contribution in [0.1, 0.15) is 17.3 Å². The van der Waals surface area contributed by atoms with Crippen molar-refractivity contribution in [1.29, 1.82) is 0 Å². The minimum absolute atomic E-state index is 0. The molecule has 100 valence electrons. The van der Waals surface area contributed by atoms with E-state index < -0.39 is 36.9 Å². The summed E-state index contributed by atoms with van der Waals surface area (Å²) in [7, 11) is -2.82. The van der Waals surface area contributed by atoms with Crippen LogP contribution in [-0.4, -0.2) is 55.3 Å². The number of benzene rings is 1. The van der Waals surface area contributed by atoms with Gasteiger partial charge in [-0.1, -0.05) is 0 Å². The first kappa shape index (κ1) is 22.4. The normalized spacial score (nSPS) is 9.47. The van der Waals surface area contributed by atoms with Crippen LogP contribution in [0, 0.1) is 0 Å². The first-order valence-corrected chi connectivity index (χ1v) is 18.2. The second kappa shape index (κ2) is 11.7. The van der Waals surface area contributed by atoms with Crippen molar-refractivity contribution in [1.82, 2.24) is 0 Å². The second-order valence-corrected chi connectivity index (χ2v) is 17.3. The summed E-state index contributed by atoms with van der Waals surface area (Å²) in [6.07, 6.45) is 0. The van der Waals surface area contributed by atoms with E-state index in [0.717, 1.165) is 4.90 Å². The first-order chi connectivity index (χ1) is 8.25. The van der Waals surface area contributed by atoms with Crippen LogP contribution in [0.5, 0.6) is 0 Å². The molecular weight excluding hydrogens is 491 g/mol. The number of hydrogen-bond acceptors (Lipinski definition) is 3. The molecule has 0 fully saturated rings. The molecule has 0 radical (unpaired) electrons. The zero-order valence-corrected chi connectivity index (χ0v) is 16.9. The summed E-state index contributed by atoms with van der Waals surface area (Å²) < 4.78 is 10.2. The number of hydrogen-bond donors (Lipinski definition) is 4. The molecule has 0 bridgehead atoms. The molecule has 0 aromatic heterocycles. The van der Waals surface area contributed by atoms with Gasteiger partial charge in [-0.3, -0.25) is 0 Å². The number of carboxylic acids is 1. The van der Waals surface area contributed by atoms with Gasteiger partial charge in [0, 0.05) is 0 Å². The molecule has 0 aliphatic carbocycles. The number of aromatic carboxylic acids is 1. The van der Waals surface area contributed by atoms with E-state index >= 15 is 0 Å². The number of carbonyl (C=O) groups is 1. The second-order valence-electron chi connectivity index (χ2n) is 3.16. The molecule has 0 saturated heterocycles. The molecule has 4 N–H and O–H groups in total. The van der Waals surface area contributed by atoms with Crippen molar-refractivity contribution in [3.05, 3.63) is 29.8 Å². The van der Waals surface area contributed by atoms with Gasteiger partial charge < -0.3 is 14.7 Å². The van der Waals surface area contributed by atoms with Gasteiger partial charge in [-0.2, -0.15) is 0 Å². The summed E-state index contributed by atoms with van der Waals surface area (Å²) in [4.78, 5) is 33.3. The zero-order valence-electron chi connectivity index (χ0n) is 9.68. The maximum absolute atomic E-state index is 10.8. The van der Waals surface area contributed by atoms with Crippen molar-refractivity contribution in [3.63, 3.8) is 0 Å². The third-order valence-corrected chi connectivity index (χ3v) is 13.6. The van der Waals surface area contributed by atoms with Crippen molar-refractivity contribution in [2.75, 3.05) is 0 Å². The average molecular weight is 505 g/mol. The molecule has 0 heterocycles. The van der Waals surface area contributed by atoms with E-state index in [1.807, 2.05) is 20.4 Å². The fourth-order valence-electron chi connectivity index (χ4n) is 0.981. The first-order valence-electron chi connectivity index (χ1n) is 4.99. The Labute approximate surface area is 148 Å². The Morgan fingerprint density at radius 2 is 1.79 bits per heavy atom. The van der Waals surface area contributed by atoms with Gasteiger partial charge >= 0.3 is 130 Å². The van der Waals surface area contributed by atoms with E-state index in [1.165, 1.54) is 3.93 Å². The molecule has 1 aromatic rings. The number of rotatable bonds is 4. The van der Waals surface area contributed by atoms with E-state index in [0.29, 0.717) is 5.56 Å². The van der Waals surface area contributed by atoms with Crippen LogP contribution in [0.25, 0.3) is 0 Å². The fourth-order valence-corrected chi connectivity index (χ4v) is 9.77. The van der Waals surface area contributed by atoms with Gasteiger partial charge in [0.1, 0.15) is 0 Å². The molecule has 0 atom stereocenters. The van der Waals surface area contributed by atoms with Crippen LogP contribution >= 0.6 is 16.1 Å². The predicted octanol–water partition coefficient (Wildman–Crippen LogP) is 1.34. The maximum atomic E-state index is 10.8. The zero-order chi connectivity index (χ0) is 14.2. The average Bonchev–Trinajstić information content (AvgIpc) is 2.24. The van der Waals surface area contributed by atoms with Crippen molar-refractivity contribution in [2.24, 2.45) is 0 Å². The third kappa shape index (κ3) is 13.8. The Balaban J connectivity index is 0. The van der Waals surface area contributed by atoms with Gasteiger partial charge in [0.2, 0.25) is 0 Å². The van der Waals surface area contributed by atoms with E-state index in [1.54, 1.807) is 12.1 Å². The van der Waals surface area contributed by atoms with Gasteiger partial charge in [0.15, 0.2) is 0 Å². The quantitative estimate of drug-likeness (QED) is 0.361. The molecular formula is C9H14HgNaO6PS. The van der Waals surface area contributed by atoms with E-state index in [9.17, 15) is 4.79 Å². The van der Waals surface area contributed by atoms with Crippen molar-refractivity contribution in [3.8, 4) is 0 Å². The van der Waals surface area contributed by atoms with Crippen LogP contribution in [0.15, 0.2) is 29.2 Å². The predicted molar refractivity (Wildman–Crippen MR) is 71.2 cm³/mol. The van der Waals surface area contributed by atoms with Crippen LogP contribution < -0.4 is 0 Å². The van der Waals surface area contributed by atoms with Gasteiger partial charge in [0.25, 0.3) is 0 Å². The summed E-state index contributed by atoms with van der Waals surface area (Å²) in [5.41, 5.74) is 0.459. The van der Waals surface area contributed by atoms with Gasteiger partial charge in [0.05, 0.1) is 0 Å². The summed E-state index contributed by atoms with van der Waals surface area (Å²) >= 11 is -0.860. The summed E-state index contributed by atoms with van der Waals surface area (Å²) in [6, 6.07) is 7.26. The van der Waals surface area contributed by atoms with Crippen LogP contribution in [0.3, 0.4) is 0 Å². The Morgan fingerprint density at radius 3 is 2.21 bits per heavy atom. The molecule has 0 aliphatic rings. The number of phosphoric acid groups is 1. The molecule has 10 heteroatoms. The van der Waals surface area contributed by atoms with Crippen LogP contribution in [0.4, 0.5) is 0 Å². The van der Waals surface area contributed by atoms with Crippen molar-refractivity contribution < 1.29 is 52.2 Å². The third-order valence-electron chi connectivity index (χ3n) is 1.58.